The topological polar surface area (TPSA) is 49.8 Å². The SMILES string of the molecule is COc1ccc2cc(C(C(=O)O)N(C)C)ccc2c1. The van der Waals surface area contributed by atoms with Gasteiger partial charge < -0.3 is 9.84 Å². The van der Waals surface area contributed by atoms with E-state index in [0.717, 1.165) is 22.1 Å². The summed E-state index contributed by atoms with van der Waals surface area (Å²) >= 11 is 0. The zero-order valence-corrected chi connectivity index (χ0v) is 11.3. The predicted molar refractivity (Wildman–Crippen MR) is 74.6 cm³/mol. The third-order valence-electron chi connectivity index (χ3n) is 3.14. The minimum atomic E-state index is -0.849. The molecule has 1 atom stereocenters. The van der Waals surface area contributed by atoms with Crippen LogP contribution in [0.4, 0.5) is 0 Å². The Kier molecular flexibility index (Phi) is 3.71. The van der Waals surface area contributed by atoms with E-state index in [0.29, 0.717) is 0 Å². The summed E-state index contributed by atoms with van der Waals surface area (Å²) in [5.74, 6) is -0.0551. The highest BCUT2D eigenvalue weighted by molar-refractivity contribution is 5.86. The first-order chi connectivity index (χ1) is 9.02. The van der Waals surface area contributed by atoms with Gasteiger partial charge in [-0.2, -0.15) is 0 Å². The molecule has 4 nitrogen and oxygen atoms in total. The predicted octanol–water partition coefficient (Wildman–Crippen LogP) is 2.54. The molecule has 0 bridgehead atoms. The average Bonchev–Trinajstić information content (AvgIpc) is 2.37. The molecule has 19 heavy (non-hydrogen) atoms. The summed E-state index contributed by atoms with van der Waals surface area (Å²) in [4.78, 5) is 13.0. The molecule has 0 saturated carbocycles. The van der Waals surface area contributed by atoms with Crippen LogP contribution in [-0.2, 0) is 4.79 Å². The number of ether oxygens (including phenoxy) is 1. The minimum absolute atomic E-state index is 0.633. The summed E-state index contributed by atoms with van der Waals surface area (Å²) in [7, 11) is 5.15. The molecule has 2 aromatic rings. The number of fused-ring (bicyclic) bond motifs is 1. The molecule has 0 amide bonds. The van der Waals surface area contributed by atoms with E-state index in [-0.39, 0.29) is 0 Å². The van der Waals surface area contributed by atoms with Gasteiger partial charge in [-0.3, -0.25) is 9.69 Å². The molecule has 2 aromatic carbocycles. The van der Waals surface area contributed by atoms with Gasteiger partial charge in [-0.25, -0.2) is 0 Å². The second kappa shape index (κ2) is 5.28. The number of likely N-dealkylation sites (N-methyl/N-ethyl adjacent to an activating group) is 1. The lowest BCUT2D eigenvalue weighted by Gasteiger charge is -2.20. The van der Waals surface area contributed by atoms with E-state index in [2.05, 4.69) is 0 Å². The van der Waals surface area contributed by atoms with Crippen LogP contribution in [0.25, 0.3) is 10.8 Å². The fourth-order valence-electron chi connectivity index (χ4n) is 2.20. The van der Waals surface area contributed by atoms with Crippen LogP contribution in [0, 0.1) is 0 Å². The van der Waals surface area contributed by atoms with Crippen molar-refractivity contribution >= 4 is 16.7 Å². The van der Waals surface area contributed by atoms with Crippen molar-refractivity contribution in [1.82, 2.24) is 4.90 Å². The van der Waals surface area contributed by atoms with Gasteiger partial charge in [0.2, 0.25) is 0 Å². The second-order valence-electron chi connectivity index (χ2n) is 4.68. The largest absolute Gasteiger partial charge is 0.497 e. The van der Waals surface area contributed by atoms with Crippen LogP contribution in [0.1, 0.15) is 11.6 Å². The summed E-state index contributed by atoms with van der Waals surface area (Å²) in [6.07, 6.45) is 0. The fraction of sp³-hybridized carbons (Fsp3) is 0.267. The van der Waals surface area contributed by atoms with Gasteiger partial charge >= 0.3 is 5.97 Å². The molecule has 1 unspecified atom stereocenters. The smallest absolute Gasteiger partial charge is 0.325 e. The summed E-state index contributed by atoms with van der Waals surface area (Å²) < 4.78 is 5.17. The summed E-state index contributed by atoms with van der Waals surface area (Å²) in [6, 6.07) is 10.8. The third kappa shape index (κ3) is 2.69. The minimum Gasteiger partial charge on any atom is -0.497 e. The Morgan fingerprint density at radius 2 is 1.79 bits per heavy atom. The maximum Gasteiger partial charge on any atom is 0.325 e. The van der Waals surface area contributed by atoms with Crippen LogP contribution in [0.5, 0.6) is 5.75 Å². The Morgan fingerprint density at radius 1 is 1.16 bits per heavy atom. The number of nitrogens with zero attached hydrogens (tertiary/aromatic N) is 1. The Labute approximate surface area is 112 Å². The van der Waals surface area contributed by atoms with E-state index in [1.165, 1.54) is 0 Å². The number of benzene rings is 2. The van der Waals surface area contributed by atoms with Crippen molar-refractivity contribution < 1.29 is 14.6 Å². The van der Waals surface area contributed by atoms with Gasteiger partial charge in [0.05, 0.1) is 7.11 Å². The fourth-order valence-corrected chi connectivity index (χ4v) is 2.20. The van der Waals surface area contributed by atoms with E-state index in [4.69, 9.17) is 4.74 Å². The molecule has 0 aliphatic carbocycles. The van der Waals surface area contributed by atoms with Crippen molar-refractivity contribution in [2.45, 2.75) is 6.04 Å². The van der Waals surface area contributed by atoms with Crippen molar-refractivity contribution in [1.29, 1.82) is 0 Å². The number of methoxy groups -OCH3 is 1. The van der Waals surface area contributed by atoms with E-state index in [1.807, 2.05) is 36.4 Å². The highest BCUT2D eigenvalue weighted by Gasteiger charge is 2.22. The molecule has 0 saturated heterocycles. The number of hydrogen-bond donors (Lipinski definition) is 1. The molecule has 0 fully saturated rings. The number of carboxylic acids is 1. The van der Waals surface area contributed by atoms with Gasteiger partial charge in [0, 0.05) is 0 Å². The number of aliphatic carboxylic acids is 1. The summed E-state index contributed by atoms with van der Waals surface area (Å²) in [5, 5.41) is 11.3. The molecule has 2 rings (SSSR count). The highest BCUT2D eigenvalue weighted by atomic mass is 16.5. The van der Waals surface area contributed by atoms with Crippen molar-refractivity contribution in [3.63, 3.8) is 0 Å². The van der Waals surface area contributed by atoms with Gasteiger partial charge in [0.15, 0.2) is 0 Å². The van der Waals surface area contributed by atoms with Crippen molar-refractivity contribution in [2.24, 2.45) is 0 Å². The molecule has 0 aliphatic rings. The van der Waals surface area contributed by atoms with Crippen LogP contribution < -0.4 is 4.74 Å². The number of hydrogen-bond acceptors (Lipinski definition) is 3. The Balaban J connectivity index is 2.49. The maximum atomic E-state index is 11.3. The van der Waals surface area contributed by atoms with Crippen LogP contribution in [-0.4, -0.2) is 37.2 Å². The monoisotopic (exact) mass is 259 g/mol. The molecular weight excluding hydrogens is 242 g/mol. The quantitative estimate of drug-likeness (QED) is 0.916. The molecule has 0 aromatic heterocycles. The van der Waals surface area contributed by atoms with E-state index in [1.54, 1.807) is 26.1 Å². The van der Waals surface area contributed by atoms with Crippen molar-refractivity contribution in [2.75, 3.05) is 21.2 Å². The van der Waals surface area contributed by atoms with Gasteiger partial charge in [-0.05, 0) is 48.6 Å². The van der Waals surface area contributed by atoms with Crippen LogP contribution in [0.15, 0.2) is 36.4 Å². The molecule has 0 aliphatic heterocycles. The second-order valence-corrected chi connectivity index (χ2v) is 4.68. The molecule has 1 N–H and O–H groups in total. The summed E-state index contributed by atoms with van der Waals surface area (Å²) in [6.45, 7) is 0. The Bertz CT molecular complexity index is 607. The molecule has 4 heteroatoms. The number of rotatable bonds is 4. The van der Waals surface area contributed by atoms with E-state index >= 15 is 0 Å². The first kappa shape index (κ1) is 13.4. The summed E-state index contributed by atoms with van der Waals surface area (Å²) in [5.41, 5.74) is 0.773. The van der Waals surface area contributed by atoms with Crippen LogP contribution in [0.3, 0.4) is 0 Å². The van der Waals surface area contributed by atoms with Gasteiger partial charge in [-0.1, -0.05) is 18.2 Å². The standard InChI is InChI=1S/C15H17NO3/c1-16(2)14(15(17)18)12-5-4-11-9-13(19-3)7-6-10(11)8-12/h4-9,14H,1-3H3,(H,17,18). The average molecular weight is 259 g/mol. The van der Waals surface area contributed by atoms with E-state index in [9.17, 15) is 9.90 Å². The van der Waals surface area contributed by atoms with Crippen molar-refractivity contribution in [3.8, 4) is 5.75 Å². The van der Waals surface area contributed by atoms with Crippen LogP contribution in [0.2, 0.25) is 0 Å². The first-order valence-electron chi connectivity index (χ1n) is 6.00. The van der Waals surface area contributed by atoms with E-state index < -0.39 is 12.0 Å². The van der Waals surface area contributed by atoms with Gasteiger partial charge in [0.1, 0.15) is 11.8 Å². The number of carboxylic acid groups (broad SMARTS) is 1. The first-order valence-corrected chi connectivity index (χ1v) is 6.00. The third-order valence-corrected chi connectivity index (χ3v) is 3.14. The lowest BCUT2D eigenvalue weighted by molar-refractivity contribution is -0.142. The Morgan fingerprint density at radius 3 is 2.37 bits per heavy atom. The highest BCUT2D eigenvalue weighted by Crippen LogP contribution is 2.26. The molecular formula is C15H17NO3. The lowest BCUT2D eigenvalue weighted by Crippen LogP contribution is -2.27. The molecule has 100 valence electrons. The van der Waals surface area contributed by atoms with Gasteiger partial charge in [0.25, 0.3) is 0 Å². The molecule has 0 spiro atoms. The number of carbonyl (C=O) groups is 1. The maximum absolute atomic E-state index is 11.3. The Hall–Kier alpha value is -2.07. The molecule has 0 heterocycles. The lowest BCUT2D eigenvalue weighted by atomic mass is 10.0. The zero-order valence-electron chi connectivity index (χ0n) is 11.3. The zero-order chi connectivity index (χ0) is 14.0. The van der Waals surface area contributed by atoms with Crippen LogP contribution >= 0.6 is 0 Å². The van der Waals surface area contributed by atoms with Crippen molar-refractivity contribution in [3.05, 3.63) is 42.0 Å². The normalized spacial score (nSPS) is 12.6. The van der Waals surface area contributed by atoms with Gasteiger partial charge in [-0.15, -0.1) is 0 Å². The molecule has 0 radical (unpaired) electrons.